The molecule has 0 radical (unpaired) electrons. The van der Waals surface area contributed by atoms with Crippen LogP contribution in [0.3, 0.4) is 0 Å². The Kier molecular flexibility index (Phi) is 3.61. The second kappa shape index (κ2) is 5.18. The van der Waals surface area contributed by atoms with E-state index in [0.29, 0.717) is 18.9 Å². The lowest BCUT2D eigenvalue weighted by Gasteiger charge is -2.30. The summed E-state index contributed by atoms with van der Waals surface area (Å²) in [6.45, 7) is 5.79. The van der Waals surface area contributed by atoms with E-state index in [0.717, 1.165) is 17.9 Å². The van der Waals surface area contributed by atoms with Crippen molar-refractivity contribution in [3.63, 3.8) is 0 Å². The lowest BCUT2D eigenvalue weighted by Crippen LogP contribution is -2.48. The Bertz CT molecular complexity index is 447. The zero-order chi connectivity index (χ0) is 13.1. The fourth-order valence-corrected chi connectivity index (χ4v) is 2.10. The number of rotatable bonds is 3. The molecule has 0 unspecified atom stereocenters. The van der Waals surface area contributed by atoms with Gasteiger partial charge in [-0.1, -0.05) is 13.8 Å². The van der Waals surface area contributed by atoms with E-state index in [1.807, 2.05) is 18.7 Å². The molecule has 0 spiro atoms. The number of carbonyl (C=O) groups excluding carboxylic acids is 1. The molecule has 0 atom stereocenters. The monoisotopic (exact) mass is 250 g/mol. The maximum Gasteiger partial charge on any atom is 0.239 e. The summed E-state index contributed by atoms with van der Waals surface area (Å²) in [5, 5.41) is 2.79. The first-order valence-corrected chi connectivity index (χ1v) is 5.96. The molecule has 18 heavy (non-hydrogen) atoms. The van der Waals surface area contributed by atoms with Crippen LogP contribution in [-0.2, 0) is 4.79 Å². The lowest BCUT2D eigenvalue weighted by atomic mass is 10.0. The van der Waals surface area contributed by atoms with Gasteiger partial charge in [-0.25, -0.2) is 15.8 Å². The van der Waals surface area contributed by atoms with Crippen LogP contribution in [0.15, 0.2) is 6.33 Å². The van der Waals surface area contributed by atoms with Crippen molar-refractivity contribution in [2.75, 3.05) is 30.0 Å². The van der Waals surface area contributed by atoms with E-state index in [1.54, 1.807) is 0 Å². The summed E-state index contributed by atoms with van der Waals surface area (Å²) >= 11 is 0. The van der Waals surface area contributed by atoms with Crippen LogP contribution in [0.25, 0.3) is 0 Å². The second-order valence-electron chi connectivity index (χ2n) is 4.53. The Morgan fingerprint density at radius 3 is 2.89 bits per heavy atom. The molecule has 0 bridgehead atoms. The van der Waals surface area contributed by atoms with Crippen molar-refractivity contribution < 1.29 is 4.79 Å². The molecule has 4 N–H and O–H groups in total. The molecule has 1 aromatic heterocycles. The quantitative estimate of drug-likeness (QED) is 0.509. The molecule has 0 aliphatic carbocycles. The third-order valence-electron chi connectivity index (χ3n) is 2.91. The van der Waals surface area contributed by atoms with Gasteiger partial charge in [-0.15, -0.1) is 0 Å². The first kappa shape index (κ1) is 12.6. The number of amides is 1. The van der Waals surface area contributed by atoms with Gasteiger partial charge in [0.25, 0.3) is 0 Å². The summed E-state index contributed by atoms with van der Waals surface area (Å²) in [7, 11) is 0. The molecule has 1 saturated heterocycles. The molecule has 7 nitrogen and oxygen atoms in total. The van der Waals surface area contributed by atoms with Gasteiger partial charge in [0, 0.05) is 18.7 Å². The third kappa shape index (κ3) is 2.35. The molecule has 1 aromatic rings. The van der Waals surface area contributed by atoms with Gasteiger partial charge in [0.05, 0.1) is 6.54 Å². The van der Waals surface area contributed by atoms with Crippen LogP contribution in [0.2, 0.25) is 0 Å². The van der Waals surface area contributed by atoms with Gasteiger partial charge >= 0.3 is 0 Å². The Labute approximate surface area is 106 Å². The normalized spacial score (nSPS) is 15.8. The van der Waals surface area contributed by atoms with Crippen molar-refractivity contribution >= 4 is 17.5 Å². The van der Waals surface area contributed by atoms with Crippen molar-refractivity contribution in [2.24, 2.45) is 5.84 Å². The average molecular weight is 250 g/mol. The fraction of sp³-hybridized carbons (Fsp3) is 0.545. The van der Waals surface area contributed by atoms with Crippen molar-refractivity contribution in [1.29, 1.82) is 0 Å². The third-order valence-corrected chi connectivity index (χ3v) is 2.91. The predicted molar refractivity (Wildman–Crippen MR) is 69.2 cm³/mol. The molecule has 98 valence electrons. The summed E-state index contributed by atoms with van der Waals surface area (Å²) < 4.78 is 0. The number of hydrazine groups is 1. The van der Waals surface area contributed by atoms with E-state index in [1.165, 1.54) is 6.33 Å². The van der Waals surface area contributed by atoms with Crippen LogP contribution in [0, 0.1) is 0 Å². The SMILES string of the molecule is CC(C)c1c(NN)ncnc1N1CCNC(=O)C1. The van der Waals surface area contributed by atoms with Crippen LogP contribution in [0.4, 0.5) is 11.6 Å². The molecule has 0 saturated carbocycles. The van der Waals surface area contributed by atoms with E-state index in [4.69, 9.17) is 5.84 Å². The van der Waals surface area contributed by atoms with Gasteiger partial charge < -0.3 is 15.6 Å². The van der Waals surface area contributed by atoms with Gasteiger partial charge in [-0.2, -0.15) is 0 Å². The molecule has 1 aliphatic rings. The van der Waals surface area contributed by atoms with Gasteiger partial charge in [0.15, 0.2) is 0 Å². The van der Waals surface area contributed by atoms with Gasteiger partial charge in [0.1, 0.15) is 18.0 Å². The topological polar surface area (TPSA) is 96.2 Å². The molecular formula is C11H18N6O. The second-order valence-corrected chi connectivity index (χ2v) is 4.53. The number of nitrogens with two attached hydrogens (primary N) is 1. The number of nitrogens with one attached hydrogen (secondary N) is 2. The largest absolute Gasteiger partial charge is 0.353 e. The summed E-state index contributed by atoms with van der Waals surface area (Å²) in [5.74, 6) is 7.10. The van der Waals surface area contributed by atoms with Crippen molar-refractivity contribution in [1.82, 2.24) is 15.3 Å². The molecule has 1 amide bonds. The van der Waals surface area contributed by atoms with Crippen LogP contribution >= 0.6 is 0 Å². The lowest BCUT2D eigenvalue weighted by molar-refractivity contribution is -0.120. The molecular weight excluding hydrogens is 232 g/mol. The van der Waals surface area contributed by atoms with Gasteiger partial charge in [-0.3, -0.25) is 4.79 Å². The Balaban J connectivity index is 2.39. The minimum absolute atomic E-state index is 0.0110. The van der Waals surface area contributed by atoms with Crippen LogP contribution in [0.1, 0.15) is 25.3 Å². The summed E-state index contributed by atoms with van der Waals surface area (Å²) in [5.41, 5.74) is 3.53. The maximum absolute atomic E-state index is 11.4. The van der Waals surface area contributed by atoms with E-state index >= 15 is 0 Å². The fourth-order valence-electron chi connectivity index (χ4n) is 2.10. The standard InChI is InChI=1S/C11H18N6O/c1-7(2)9-10(16-12)14-6-15-11(9)17-4-3-13-8(18)5-17/h6-7H,3-5,12H2,1-2H3,(H,13,18)(H,14,15,16). The van der Waals surface area contributed by atoms with Crippen LogP contribution in [-0.4, -0.2) is 35.5 Å². The number of nitrogen functional groups attached to an aromatic ring is 1. The molecule has 1 fully saturated rings. The Morgan fingerprint density at radius 2 is 2.28 bits per heavy atom. The number of nitrogens with zero attached hydrogens (tertiary/aromatic N) is 3. The van der Waals surface area contributed by atoms with E-state index < -0.39 is 0 Å². The highest BCUT2D eigenvalue weighted by Gasteiger charge is 2.23. The summed E-state index contributed by atoms with van der Waals surface area (Å²) in [6.07, 6.45) is 1.46. The maximum atomic E-state index is 11.4. The van der Waals surface area contributed by atoms with Crippen LogP contribution in [0.5, 0.6) is 0 Å². The first-order chi connectivity index (χ1) is 8.63. The van der Waals surface area contributed by atoms with E-state index in [-0.39, 0.29) is 11.8 Å². The van der Waals surface area contributed by atoms with Crippen molar-refractivity contribution in [3.05, 3.63) is 11.9 Å². The number of hydrogen-bond donors (Lipinski definition) is 3. The predicted octanol–water partition coefficient (Wildman–Crippen LogP) is -0.178. The molecule has 0 aromatic carbocycles. The number of piperazine rings is 1. The van der Waals surface area contributed by atoms with Crippen molar-refractivity contribution in [2.45, 2.75) is 19.8 Å². The smallest absolute Gasteiger partial charge is 0.239 e. The highest BCUT2D eigenvalue weighted by molar-refractivity contribution is 5.82. The minimum atomic E-state index is 0.0110. The number of hydrogen-bond acceptors (Lipinski definition) is 6. The minimum Gasteiger partial charge on any atom is -0.353 e. The zero-order valence-corrected chi connectivity index (χ0v) is 10.6. The molecule has 2 heterocycles. The average Bonchev–Trinajstić information content (AvgIpc) is 2.37. The summed E-state index contributed by atoms with van der Waals surface area (Å²) in [4.78, 5) is 21.8. The number of anilines is 2. The highest BCUT2D eigenvalue weighted by Crippen LogP contribution is 2.30. The van der Waals surface area contributed by atoms with Gasteiger partial charge in [-0.05, 0) is 5.92 Å². The van der Waals surface area contributed by atoms with Gasteiger partial charge in [0.2, 0.25) is 5.91 Å². The van der Waals surface area contributed by atoms with E-state index in [9.17, 15) is 4.79 Å². The molecule has 1 aliphatic heterocycles. The number of aromatic nitrogens is 2. The summed E-state index contributed by atoms with van der Waals surface area (Å²) in [6, 6.07) is 0. The molecule has 7 heteroatoms. The van der Waals surface area contributed by atoms with E-state index in [2.05, 4.69) is 20.7 Å². The number of carbonyl (C=O) groups is 1. The highest BCUT2D eigenvalue weighted by atomic mass is 16.2. The van der Waals surface area contributed by atoms with Crippen LogP contribution < -0.4 is 21.5 Å². The van der Waals surface area contributed by atoms with Crippen molar-refractivity contribution in [3.8, 4) is 0 Å². The Morgan fingerprint density at radius 1 is 1.50 bits per heavy atom. The zero-order valence-electron chi connectivity index (χ0n) is 10.6. The Hall–Kier alpha value is -1.89. The first-order valence-electron chi connectivity index (χ1n) is 5.96. The molecule has 2 rings (SSSR count).